The van der Waals surface area contributed by atoms with Gasteiger partial charge in [-0.3, -0.25) is 0 Å². The van der Waals surface area contributed by atoms with Crippen LogP contribution in [0.25, 0.3) is 0 Å². The van der Waals surface area contributed by atoms with E-state index >= 15 is 0 Å². The van der Waals surface area contributed by atoms with Crippen molar-refractivity contribution in [3.8, 4) is 12.0 Å². The molecule has 0 radical (unpaired) electrons. The molecule has 0 aromatic carbocycles. The van der Waals surface area contributed by atoms with Crippen molar-refractivity contribution in [2.24, 2.45) is 17.8 Å². The van der Waals surface area contributed by atoms with E-state index in [1.165, 1.54) is 51.0 Å². The number of aliphatic hydroxyl groups is 1. The maximum absolute atomic E-state index is 9.62. The Labute approximate surface area is 146 Å². The average Bonchev–Trinajstić information content (AvgIpc) is 3.33. The predicted molar refractivity (Wildman–Crippen MR) is 98.8 cm³/mol. The van der Waals surface area contributed by atoms with E-state index < -0.39 is 0 Å². The van der Waals surface area contributed by atoms with Crippen LogP contribution in [0.3, 0.4) is 0 Å². The molecule has 1 heterocycles. The van der Waals surface area contributed by atoms with Gasteiger partial charge in [-0.2, -0.15) is 12.0 Å². The van der Waals surface area contributed by atoms with Gasteiger partial charge in [-0.25, -0.2) is 0 Å². The monoisotopic (exact) mass is 348 g/mol. The van der Waals surface area contributed by atoms with Crippen molar-refractivity contribution in [3.63, 3.8) is 0 Å². The SMILES string of the molecule is C#[Si]CCC1CCC(C)C(O)C1.C#[Si]CCC1CCC2OC2C1. The van der Waals surface area contributed by atoms with E-state index in [9.17, 15) is 5.11 Å². The van der Waals surface area contributed by atoms with Gasteiger partial charge in [0.2, 0.25) is 0 Å². The second-order valence-electron chi connectivity index (χ2n) is 7.60. The summed E-state index contributed by atoms with van der Waals surface area (Å²) in [6, 6.07) is 13.3. The molecule has 0 spiro atoms. The molecule has 0 aromatic heterocycles. The second-order valence-corrected chi connectivity index (χ2v) is 9.42. The molecule has 1 aliphatic heterocycles. The molecule has 128 valence electrons. The molecular formula is C19H32O2Si2. The largest absolute Gasteiger partial charge is 0.393 e. The zero-order valence-corrected chi connectivity index (χ0v) is 16.5. The summed E-state index contributed by atoms with van der Waals surface area (Å²) in [7, 11) is 1.23. The van der Waals surface area contributed by atoms with Crippen molar-refractivity contribution < 1.29 is 9.84 Å². The number of ether oxygens (including phenoxy) is 1. The summed E-state index contributed by atoms with van der Waals surface area (Å²) in [5.74, 6) is 2.18. The number of fused-ring (bicyclic) bond motifs is 1. The lowest BCUT2D eigenvalue weighted by atomic mass is 9.80. The van der Waals surface area contributed by atoms with E-state index in [4.69, 9.17) is 16.7 Å². The van der Waals surface area contributed by atoms with Crippen LogP contribution in [0.4, 0.5) is 0 Å². The molecule has 1 N–H and O–H groups in total. The van der Waals surface area contributed by atoms with Crippen molar-refractivity contribution in [2.75, 3.05) is 0 Å². The first-order valence-corrected chi connectivity index (χ1v) is 11.9. The Hall–Kier alpha value is -0.0862. The Morgan fingerprint density at radius 3 is 2.09 bits per heavy atom. The van der Waals surface area contributed by atoms with Gasteiger partial charge in [0.15, 0.2) is 0 Å². The first-order valence-electron chi connectivity index (χ1n) is 9.34. The maximum atomic E-state index is 9.62. The van der Waals surface area contributed by atoms with Crippen molar-refractivity contribution in [1.82, 2.24) is 0 Å². The summed E-state index contributed by atoms with van der Waals surface area (Å²) in [4.78, 5) is 0. The quantitative estimate of drug-likeness (QED) is 0.622. The molecule has 6 unspecified atom stereocenters. The van der Waals surface area contributed by atoms with Crippen LogP contribution in [-0.2, 0) is 4.74 Å². The molecule has 0 aromatic rings. The van der Waals surface area contributed by atoms with Crippen LogP contribution < -0.4 is 0 Å². The summed E-state index contributed by atoms with van der Waals surface area (Å²) < 4.78 is 5.46. The van der Waals surface area contributed by atoms with E-state index in [1.807, 2.05) is 0 Å². The van der Waals surface area contributed by atoms with Gasteiger partial charge in [-0.05, 0) is 99.1 Å². The van der Waals surface area contributed by atoms with Gasteiger partial charge in [0, 0.05) is 0 Å². The molecule has 4 heteroatoms. The molecule has 2 saturated carbocycles. The average molecular weight is 349 g/mol. The molecule has 0 bridgehead atoms. The minimum Gasteiger partial charge on any atom is -0.393 e. The van der Waals surface area contributed by atoms with Crippen molar-refractivity contribution in [3.05, 3.63) is 0 Å². The van der Waals surface area contributed by atoms with E-state index in [1.54, 1.807) is 0 Å². The second kappa shape index (κ2) is 10.0. The Morgan fingerprint density at radius 1 is 0.913 bits per heavy atom. The first kappa shape index (κ1) is 19.2. The third kappa shape index (κ3) is 6.74. The predicted octanol–water partition coefficient (Wildman–Crippen LogP) is 3.54. The van der Waals surface area contributed by atoms with Crippen LogP contribution in [0.5, 0.6) is 0 Å². The summed E-state index contributed by atoms with van der Waals surface area (Å²) in [5, 5.41) is 9.62. The fourth-order valence-corrected chi connectivity index (χ4v) is 5.12. The smallest absolute Gasteiger partial charge is 0.0844 e. The third-order valence-electron chi connectivity index (χ3n) is 5.77. The van der Waals surface area contributed by atoms with Gasteiger partial charge in [0.25, 0.3) is 0 Å². The topological polar surface area (TPSA) is 32.8 Å². The Balaban J connectivity index is 0.000000167. The van der Waals surface area contributed by atoms with Crippen LogP contribution in [0, 0.1) is 29.8 Å². The zero-order chi connectivity index (χ0) is 16.7. The van der Waals surface area contributed by atoms with E-state index in [0.717, 1.165) is 24.3 Å². The standard InChI is InChI=1S/C10H18OSi.C9H14OSi/c1-8-3-4-9(5-6-12-2)7-10(8)11;1-11-5-4-7-2-3-8-9(6-7)10-8/h2,8-11H,3-7H2,1H3;1,7-9H,2-6H2. The van der Waals surface area contributed by atoms with Crippen molar-refractivity contribution in [1.29, 1.82) is 0 Å². The number of hydrogen-bond donors (Lipinski definition) is 1. The molecule has 2 aliphatic carbocycles. The van der Waals surface area contributed by atoms with Crippen LogP contribution >= 0.6 is 0 Å². The van der Waals surface area contributed by atoms with Gasteiger partial charge in [-0.15, -0.1) is 0 Å². The van der Waals surface area contributed by atoms with Crippen molar-refractivity contribution >= 4 is 17.9 Å². The lowest BCUT2D eigenvalue weighted by Gasteiger charge is -2.30. The lowest BCUT2D eigenvalue weighted by molar-refractivity contribution is 0.0524. The highest BCUT2D eigenvalue weighted by Gasteiger charge is 2.43. The van der Waals surface area contributed by atoms with E-state index in [2.05, 4.69) is 6.92 Å². The molecular weight excluding hydrogens is 316 g/mol. The Bertz CT molecular complexity index is 440. The number of epoxide rings is 1. The normalized spacial score (nSPS) is 38.3. The van der Waals surface area contributed by atoms with Crippen LogP contribution in [0.15, 0.2) is 0 Å². The van der Waals surface area contributed by atoms with Gasteiger partial charge in [0.1, 0.15) is 0 Å². The molecule has 23 heavy (non-hydrogen) atoms. The van der Waals surface area contributed by atoms with Crippen LogP contribution in [0.1, 0.15) is 58.3 Å². The maximum Gasteiger partial charge on any atom is 0.0844 e. The molecule has 3 aliphatic rings. The minimum atomic E-state index is -0.0511. The van der Waals surface area contributed by atoms with Crippen LogP contribution in [0.2, 0.25) is 12.1 Å². The minimum absolute atomic E-state index is 0.0511. The van der Waals surface area contributed by atoms with Crippen molar-refractivity contribution in [2.45, 2.75) is 88.7 Å². The zero-order valence-electron chi connectivity index (χ0n) is 14.5. The lowest BCUT2D eigenvalue weighted by Crippen LogP contribution is -2.27. The van der Waals surface area contributed by atoms with Gasteiger partial charge in [0.05, 0.1) is 18.3 Å². The van der Waals surface area contributed by atoms with E-state index in [0.29, 0.717) is 36.0 Å². The molecule has 6 atom stereocenters. The van der Waals surface area contributed by atoms with Gasteiger partial charge in [-0.1, -0.05) is 6.92 Å². The fourth-order valence-electron chi connectivity index (χ4n) is 3.97. The molecule has 1 saturated heterocycles. The summed E-state index contributed by atoms with van der Waals surface area (Å²) in [6.07, 6.45) is 11.3. The highest BCUT2D eigenvalue weighted by atomic mass is 28.2. The molecule has 0 amide bonds. The number of rotatable bonds is 4. The number of hydrogen-bond acceptors (Lipinski definition) is 2. The van der Waals surface area contributed by atoms with Gasteiger partial charge >= 0.3 is 0 Å². The highest BCUT2D eigenvalue weighted by Crippen LogP contribution is 2.40. The summed E-state index contributed by atoms with van der Waals surface area (Å²) in [5.41, 5.74) is 0. The third-order valence-corrected chi connectivity index (χ3v) is 6.92. The Morgan fingerprint density at radius 2 is 1.52 bits per heavy atom. The van der Waals surface area contributed by atoms with E-state index in [-0.39, 0.29) is 6.10 Å². The number of aliphatic hydroxyl groups excluding tert-OH is 1. The first-order chi connectivity index (χ1) is 11.1. The molecule has 3 fully saturated rings. The molecule has 2 nitrogen and oxygen atoms in total. The van der Waals surface area contributed by atoms with Gasteiger partial charge < -0.3 is 9.84 Å². The highest BCUT2D eigenvalue weighted by molar-refractivity contribution is 6.21. The summed E-state index contributed by atoms with van der Waals surface area (Å²) in [6.45, 7) is 2.14. The Kier molecular flexibility index (Phi) is 8.39. The van der Waals surface area contributed by atoms with Crippen LogP contribution in [-0.4, -0.2) is 41.3 Å². The fraction of sp³-hybridized carbons (Fsp3) is 0.895. The molecule has 3 rings (SSSR count). The summed E-state index contributed by atoms with van der Waals surface area (Å²) >= 11 is 0.